The third-order valence-corrected chi connectivity index (χ3v) is 41.1. The Bertz CT molecular complexity index is 3020. The average Bonchev–Trinajstić information content (AvgIpc) is 0.764. The molecule has 0 unspecified atom stereocenters. The summed E-state index contributed by atoms with van der Waals surface area (Å²) >= 11 is -2.56. The summed E-state index contributed by atoms with van der Waals surface area (Å²) in [6.45, 7) is 26.6. The molecule has 4 saturated heterocycles. The molecule has 512 valence electrons. The molecule has 0 aliphatic carbocycles. The van der Waals surface area contributed by atoms with E-state index in [9.17, 15) is 0 Å². The Hall–Kier alpha value is -4.65. The molecule has 94 heavy (non-hydrogen) atoms. The Morgan fingerprint density at radius 2 is 1.14 bits per heavy atom. The summed E-state index contributed by atoms with van der Waals surface area (Å²) in [5, 5.41) is 2.18. The molecule has 14 heteroatoms. The van der Waals surface area contributed by atoms with Crippen LogP contribution in [0.4, 0.5) is 0 Å². The molecule has 0 saturated carbocycles. The summed E-state index contributed by atoms with van der Waals surface area (Å²) in [6, 6.07) is 49.9. The molecule has 0 spiro atoms. The van der Waals surface area contributed by atoms with Crippen molar-refractivity contribution in [3.8, 4) is 5.75 Å². The average molecular weight is 1410 g/mol. The Labute approximate surface area is 569 Å². The van der Waals surface area contributed by atoms with Crippen molar-refractivity contribution in [2.24, 2.45) is 0 Å². The molecular formula is C80H112O12SiSn. The van der Waals surface area contributed by atoms with Crippen LogP contribution in [0.3, 0.4) is 0 Å². The van der Waals surface area contributed by atoms with Gasteiger partial charge < -0.3 is 18.6 Å². The Balaban J connectivity index is 0.960. The molecule has 5 aromatic rings. The number of allylic oxidation sites excluding steroid dienone is 1. The summed E-state index contributed by atoms with van der Waals surface area (Å²) in [4.78, 5) is 15.1. The van der Waals surface area contributed by atoms with Crippen LogP contribution in [0, 0.1) is 0 Å². The monoisotopic (exact) mass is 1410 g/mol. The predicted molar refractivity (Wildman–Crippen MR) is 381 cm³/mol. The number of ether oxygens (including phenoxy) is 10. The third kappa shape index (κ3) is 19.0. The maximum absolute atomic E-state index is 15.1. The number of unbranched alkanes of at least 4 members (excludes halogenated alkanes) is 3. The van der Waals surface area contributed by atoms with E-state index in [1.165, 1.54) is 62.2 Å². The Kier molecular flexibility index (Phi) is 27.2. The summed E-state index contributed by atoms with van der Waals surface area (Å²) in [7, 11) is -1.25. The zero-order valence-corrected chi connectivity index (χ0v) is 62.3. The van der Waals surface area contributed by atoms with Crippen molar-refractivity contribution in [1.29, 1.82) is 0 Å². The number of benzene rings is 5. The number of carbonyl (C=O) groups excluding carboxylic acids is 1. The second-order valence-corrected chi connectivity index (χ2v) is 47.2. The van der Waals surface area contributed by atoms with Gasteiger partial charge in [-0.15, -0.1) is 6.58 Å². The quantitative estimate of drug-likeness (QED) is 0.0126. The second-order valence-electron chi connectivity index (χ2n) is 28.9. The van der Waals surface area contributed by atoms with Gasteiger partial charge in [-0.25, -0.2) is 0 Å². The van der Waals surface area contributed by atoms with Gasteiger partial charge in [0.25, 0.3) is 8.32 Å². The second kappa shape index (κ2) is 34.7. The van der Waals surface area contributed by atoms with E-state index in [-0.39, 0.29) is 42.0 Å². The van der Waals surface area contributed by atoms with Crippen molar-refractivity contribution in [1.82, 2.24) is 0 Å². The van der Waals surface area contributed by atoms with Crippen LogP contribution in [0.5, 0.6) is 5.75 Å². The molecule has 9 rings (SSSR count). The van der Waals surface area contributed by atoms with Gasteiger partial charge >= 0.3 is 263 Å². The van der Waals surface area contributed by atoms with Gasteiger partial charge in [0.05, 0.1) is 32.5 Å². The van der Waals surface area contributed by atoms with Crippen molar-refractivity contribution in [2.75, 3.05) is 20.3 Å². The predicted octanol–water partition coefficient (Wildman–Crippen LogP) is 16.8. The number of esters is 1. The van der Waals surface area contributed by atoms with Gasteiger partial charge in [0.2, 0.25) is 0 Å². The van der Waals surface area contributed by atoms with E-state index in [0.717, 1.165) is 26.9 Å². The van der Waals surface area contributed by atoms with Gasteiger partial charge in [-0.2, -0.15) is 0 Å². The molecular weight excluding hydrogens is 1300 g/mol. The van der Waals surface area contributed by atoms with Crippen LogP contribution in [0.2, 0.25) is 22.8 Å². The number of methoxy groups -OCH3 is 1. The van der Waals surface area contributed by atoms with Gasteiger partial charge in [0.15, 0.2) is 0 Å². The van der Waals surface area contributed by atoms with E-state index in [4.69, 9.17) is 51.8 Å². The first-order valence-corrected chi connectivity index (χ1v) is 45.5. The van der Waals surface area contributed by atoms with Crippen LogP contribution in [0.15, 0.2) is 171 Å². The van der Waals surface area contributed by atoms with Crippen molar-refractivity contribution in [2.45, 2.75) is 260 Å². The number of fused-ring (bicyclic) bond motifs is 2. The number of rotatable bonds is 35. The van der Waals surface area contributed by atoms with Crippen molar-refractivity contribution >= 4 is 43.0 Å². The van der Waals surface area contributed by atoms with E-state index in [0.29, 0.717) is 71.6 Å². The molecule has 4 aliphatic rings. The molecule has 4 heterocycles. The zero-order chi connectivity index (χ0) is 66.7. The van der Waals surface area contributed by atoms with E-state index in [1.54, 1.807) is 13.2 Å². The van der Waals surface area contributed by atoms with Gasteiger partial charge in [0.1, 0.15) is 5.75 Å². The summed E-state index contributed by atoms with van der Waals surface area (Å²) in [6.07, 6.45) is 13.0. The van der Waals surface area contributed by atoms with E-state index in [1.807, 2.05) is 73.8 Å². The standard InChI is InChI=1S/C68H85O12Si.3C4H9.Sn/c1-10-38-72-55-41-56-57(42-60-58(76-56)43-61(73-47-50-26-18-13-19-27-50)67(7,79-60)36-39-71-46-49-24-16-12-17-25-49)77-59(55)44-64(69)78-63-45-62(74-48-51-32-34-52(70-9)35-33-51)68(8,80-66(63,6)11-2)37-40-75-81(65(3,4)5,53-28-20-14-21-29-53)54-30-22-15-23-31-54;3*1-3-4-2;/h10-35,38,55-63H,1-2,36-37,39-48H2,3-9H3;3*1,3-4H2,2H3;/b38-10+;;;;/t55-,56+,57-,58-,59+,60+,61+,62-,63+,66-,67-,68+;;;;/m1..../s1. The fourth-order valence-corrected chi connectivity index (χ4v) is 34.7. The minimum atomic E-state index is -2.92. The maximum atomic E-state index is 15.1. The third-order valence-electron chi connectivity index (χ3n) is 20.8. The van der Waals surface area contributed by atoms with Crippen LogP contribution in [-0.2, 0) is 71.7 Å². The van der Waals surface area contributed by atoms with Crippen molar-refractivity contribution in [3.63, 3.8) is 0 Å². The molecule has 12 atom stereocenters. The Morgan fingerprint density at radius 1 is 0.617 bits per heavy atom. The van der Waals surface area contributed by atoms with Crippen LogP contribution in [0.1, 0.15) is 162 Å². The molecule has 4 aliphatic heterocycles. The summed E-state index contributed by atoms with van der Waals surface area (Å²) in [5.74, 6) is 0.357. The number of hydrogen-bond donors (Lipinski definition) is 0. The first-order chi connectivity index (χ1) is 45.4. The summed E-state index contributed by atoms with van der Waals surface area (Å²) < 4.78 is 81.3. The molecule has 4 fully saturated rings. The van der Waals surface area contributed by atoms with Gasteiger partial charge in [-0.1, -0.05) is 154 Å². The molecule has 5 aromatic carbocycles. The fourth-order valence-electron chi connectivity index (χ4n) is 15.1. The zero-order valence-electron chi connectivity index (χ0n) is 58.4. The topological polar surface area (TPSA) is 119 Å². The molecule has 0 amide bonds. The molecule has 0 bridgehead atoms. The first-order valence-electron chi connectivity index (χ1n) is 35.5. The molecule has 0 radical (unpaired) electrons. The van der Waals surface area contributed by atoms with E-state index >= 15 is 4.79 Å². The fraction of sp³-hybridized carbons (Fsp3) is 0.562. The molecule has 0 N–H and O–H groups in total. The van der Waals surface area contributed by atoms with Crippen LogP contribution >= 0.6 is 0 Å². The normalized spacial score (nSPS) is 27.3. The number of carbonyl (C=O) groups is 1. The first kappa shape index (κ1) is 73.6. The van der Waals surface area contributed by atoms with E-state index in [2.05, 4.69) is 153 Å². The SMILES string of the molecule is C=C[C@@]1(C)O[C@@](C)(CCO[Si](c2ccccc2)(c2ccccc2)C(C)(C)C)[C@H](OCc2ccc(OC)cc2)C[C@@H]1OC(=O)C[C@@H]1O[C@@H]2C[C@@H]3O[C@](C)(CCOCc4ccccc4)[C@@H](OCc4ccccc4)C[C@H]3O[C@H]2C[C@H]1O/C=C/[CH2][Sn]([CH2]CCC)([CH2]CCC)[CH2]CCC. The van der Waals surface area contributed by atoms with Gasteiger partial charge in [-0.3, -0.25) is 0 Å². The van der Waals surface area contributed by atoms with Gasteiger partial charge in [0, 0.05) is 26.1 Å². The van der Waals surface area contributed by atoms with Crippen LogP contribution in [-0.4, -0.2) is 125 Å². The minimum absolute atomic E-state index is 0.0418. The van der Waals surface area contributed by atoms with Crippen molar-refractivity contribution < 1.29 is 56.6 Å². The number of hydrogen-bond acceptors (Lipinski definition) is 12. The summed E-state index contributed by atoms with van der Waals surface area (Å²) in [5.41, 5.74) is 0.532. The molecule has 12 nitrogen and oxygen atoms in total. The van der Waals surface area contributed by atoms with Crippen LogP contribution < -0.4 is 15.1 Å². The van der Waals surface area contributed by atoms with Crippen LogP contribution in [0.25, 0.3) is 0 Å². The van der Waals surface area contributed by atoms with Gasteiger partial charge in [-0.05, 0) is 58.1 Å². The van der Waals surface area contributed by atoms with E-state index < -0.39 is 73.9 Å². The van der Waals surface area contributed by atoms with Crippen molar-refractivity contribution in [3.05, 3.63) is 187 Å². The molecule has 0 aromatic heterocycles. The Morgan fingerprint density at radius 3 is 1.69 bits per heavy atom.